The Bertz CT molecular complexity index is 595. The first-order chi connectivity index (χ1) is 9.66. The van der Waals surface area contributed by atoms with Gasteiger partial charge in [-0.1, -0.05) is 42.0 Å². The third kappa shape index (κ3) is 3.92. The van der Waals surface area contributed by atoms with Crippen LogP contribution in [0.1, 0.15) is 27.9 Å². The fourth-order valence-corrected chi connectivity index (χ4v) is 2.10. The van der Waals surface area contributed by atoms with E-state index in [2.05, 4.69) is 30.4 Å². The summed E-state index contributed by atoms with van der Waals surface area (Å²) in [7, 11) is 0. The van der Waals surface area contributed by atoms with Crippen molar-refractivity contribution in [1.29, 1.82) is 0 Å². The minimum Gasteiger partial charge on any atom is -0.352 e. The molecule has 0 heterocycles. The maximum absolute atomic E-state index is 13.4. The normalized spacial score (nSPS) is 10.3. The zero-order chi connectivity index (χ0) is 14.4. The molecule has 0 radical (unpaired) electrons. The molecule has 3 heteroatoms. The first kappa shape index (κ1) is 14.3. The lowest BCUT2D eigenvalue weighted by molar-refractivity contribution is 0.0949. The van der Waals surface area contributed by atoms with E-state index in [4.69, 9.17) is 0 Å². The van der Waals surface area contributed by atoms with Crippen LogP contribution in [0.5, 0.6) is 0 Å². The van der Waals surface area contributed by atoms with E-state index in [-0.39, 0.29) is 11.5 Å². The van der Waals surface area contributed by atoms with E-state index in [1.807, 2.05) is 6.07 Å². The number of hydrogen-bond acceptors (Lipinski definition) is 1. The van der Waals surface area contributed by atoms with Crippen LogP contribution in [-0.2, 0) is 6.42 Å². The zero-order valence-electron chi connectivity index (χ0n) is 11.5. The van der Waals surface area contributed by atoms with Gasteiger partial charge in [-0.2, -0.15) is 0 Å². The van der Waals surface area contributed by atoms with E-state index >= 15 is 0 Å². The Kier molecular flexibility index (Phi) is 4.88. The summed E-state index contributed by atoms with van der Waals surface area (Å²) in [6.07, 6.45) is 1.74. The Morgan fingerprint density at radius 3 is 2.70 bits per heavy atom. The smallest absolute Gasteiger partial charge is 0.254 e. The Morgan fingerprint density at radius 2 is 1.95 bits per heavy atom. The molecule has 0 aliphatic carbocycles. The number of benzene rings is 2. The van der Waals surface area contributed by atoms with Crippen molar-refractivity contribution in [2.45, 2.75) is 19.8 Å². The average molecular weight is 271 g/mol. The van der Waals surface area contributed by atoms with Gasteiger partial charge in [0, 0.05) is 6.54 Å². The van der Waals surface area contributed by atoms with Gasteiger partial charge in [-0.15, -0.1) is 0 Å². The highest BCUT2D eigenvalue weighted by Crippen LogP contribution is 2.07. The van der Waals surface area contributed by atoms with Gasteiger partial charge in [0.05, 0.1) is 5.56 Å². The SMILES string of the molecule is Cc1cccc(CCCNC(=O)c2ccccc2F)c1. The predicted octanol–water partition coefficient (Wildman–Crippen LogP) is 3.50. The van der Waals surface area contributed by atoms with Gasteiger partial charge in [-0.25, -0.2) is 4.39 Å². The molecule has 0 unspecified atom stereocenters. The molecule has 0 bridgehead atoms. The lowest BCUT2D eigenvalue weighted by atomic mass is 10.1. The molecule has 0 saturated heterocycles. The average Bonchev–Trinajstić information content (AvgIpc) is 2.44. The molecule has 0 aliphatic heterocycles. The molecule has 20 heavy (non-hydrogen) atoms. The molecule has 0 saturated carbocycles. The van der Waals surface area contributed by atoms with Crippen molar-refractivity contribution in [2.24, 2.45) is 0 Å². The summed E-state index contributed by atoms with van der Waals surface area (Å²) >= 11 is 0. The molecule has 2 nitrogen and oxygen atoms in total. The van der Waals surface area contributed by atoms with E-state index in [9.17, 15) is 9.18 Å². The highest BCUT2D eigenvalue weighted by Gasteiger charge is 2.09. The lowest BCUT2D eigenvalue weighted by Crippen LogP contribution is -2.25. The van der Waals surface area contributed by atoms with Crippen molar-refractivity contribution in [3.63, 3.8) is 0 Å². The highest BCUT2D eigenvalue weighted by molar-refractivity contribution is 5.94. The quantitative estimate of drug-likeness (QED) is 0.829. The maximum atomic E-state index is 13.4. The number of hydrogen-bond donors (Lipinski definition) is 1. The largest absolute Gasteiger partial charge is 0.352 e. The van der Waals surface area contributed by atoms with E-state index in [1.54, 1.807) is 12.1 Å². The summed E-state index contributed by atoms with van der Waals surface area (Å²) in [6.45, 7) is 2.60. The monoisotopic (exact) mass is 271 g/mol. The molecule has 0 atom stereocenters. The van der Waals surface area contributed by atoms with Crippen molar-refractivity contribution < 1.29 is 9.18 Å². The van der Waals surface area contributed by atoms with Crippen LogP contribution in [-0.4, -0.2) is 12.5 Å². The molecule has 0 aliphatic rings. The summed E-state index contributed by atoms with van der Waals surface area (Å²) in [6, 6.07) is 14.3. The van der Waals surface area contributed by atoms with Crippen LogP contribution < -0.4 is 5.32 Å². The third-order valence-electron chi connectivity index (χ3n) is 3.13. The molecule has 104 valence electrons. The van der Waals surface area contributed by atoms with Crippen LogP contribution in [0.2, 0.25) is 0 Å². The topological polar surface area (TPSA) is 29.1 Å². The summed E-state index contributed by atoms with van der Waals surface area (Å²) in [5.41, 5.74) is 2.59. The van der Waals surface area contributed by atoms with E-state index in [0.717, 1.165) is 12.8 Å². The molecule has 2 rings (SSSR count). The molecular formula is C17H18FNO. The second kappa shape index (κ2) is 6.85. The molecule has 1 N–H and O–H groups in total. The van der Waals surface area contributed by atoms with Gasteiger partial charge in [0.25, 0.3) is 5.91 Å². The number of rotatable bonds is 5. The summed E-state index contributed by atoms with van der Waals surface area (Å²) in [4.78, 5) is 11.8. The zero-order valence-corrected chi connectivity index (χ0v) is 11.5. The van der Waals surface area contributed by atoms with Gasteiger partial charge in [-0.05, 0) is 37.5 Å². The second-order valence-corrected chi connectivity index (χ2v) is 4.83. The molecule has 2 aromatic carbocycles. The van der Waals surface area contributed by atoms with E-state index in [0.29, 0.717) is 6.54 Å². The fourth-order valence-electron chi connectivity index (χ4n) is 2.10. The van der Waals surface area contributed by atoms with Gasteiger partial charge in [-0.3, -0.25) is 4.79 Å². The number of carbonyl (C=O) groups is 1. The van der Waals surface area contributed by atoms with E-state index in [1.165, 1.54) is 23.3 Å². The van der Waals surface area contributed by atoms with Crippen molar-refractivity contribution in [2.75, 3.05) is 6.54 Å². The van der Waals surface area contributed by atoms with Crippen LogP contribution in [0.3, 0.4) is 0 Å². The van der Waals surface area contributed by atoms with Gasteiger partial charge >= 0.3 is 0 Å². The third-order valence-corrected chi connectivity index (χ3v) is 3.13. The van der Waals surface area contributed by atoms with Crippen molar-refractivity contribution >= 4 is 5.91 Å². The first-order valence-electron chi connectivity index (χ1n) is 6.75. The van der Waals surface area contributed by atoms with Crippen LogP contribution in [0.25, 0.3) is 0 Å². The molecule has 1 amide bonds. The number of aryl methyl sites for hydroxylation is 2. The van der Waals surface area contributed by atoms with Crippen LogP contribution in [0.4, 0.5) is 4.39 Å². The minimum absolute atomic E-state index is 0.100. The van der Waals surface area contributed by atoms with E-state index < -0.39 is 5.82 Å². The maximum Gasteiger partial charge on any atom is 0.254 e. The molecule has 0 spiro atoms. The van der Waals surface area contributed by atoms with Crippen molar-refractivity contribution in [3.8, 4) is 0 Å². The fraction of sp³-hybridized carbons (Fsp3) is 0.235. The minimum atomic E-state index is -0.483. The predicted molar refractivity (Wildman–Crippen MR) is 78.2 cm³/mol. The van der Waals surface area contributed by atoms with Crippen LogP contribution in [0, 0.1) is 12.7 Å². The lowest BCUT2D eigenvalue weighted by Gasteiger charge is -2.06. The van der Waals surface area contributed by atoms with Gasteiger partial charge in [0.15, 0.2) is 0 Å². The number of carbonyl (C=O) groups excluding carboxylic acids is 1. The molecule has 0 aromatic heterocycles. The number of halogens is 1. The van der Waals surface area contributed by atoms with Gasteiger partial charge in [0.1, 0.15) is 5.82 Å². The Balaban J connectivity index is 1.79. The van der Waals surface area contributed by atoms with Crippen LogP contribution in [0.15, 0.2) is 48.5 Å². The highest BCUT2D eigenvalue weighted by atomic mass is 19.1. The van der Waals surface area contributed by atoms with Crippen molar-refractivity contribution in [3.05, 3.63) is 71.0 Å². The van der Waals surface area contributed by atoms with Crippen molar-refractivity contribution in [1.82, 2.24) is 5.32 Å². The Hall–Kier alpha value is -2.16. The number of amides is 1. The second-order valence-electron chi connectivity index (χ2n) is 4.83. The summed E-state index contributed by atoms with van der Waals surface area (Å²) in [5.74, 6) is -0.837. The first-order valence-corrected chi connectivity index (χ1v) is 6.75. The standard InChI is InChI=1S/C17H18FNO/c1-13-6-4-7-14(12-13)8-5-11-19-17(20)15-9-2-3-10-16(15)18/h2-4,6-7,9-10,12H,5,8,11H2,1H3,(H,19,20). The molecule has 2 aromatic rings. The van der Waals surface area contributed by atoms with Gasteiger partial charge in [0.2, 0.25) is 0 Å². The van der Waals surface area contributed by atoms with Crippen LogP contribution >= 0.6 is 0 Å². The summed E-state index contributed by atoms with van der Waals surface area (Å²) < 4.78 is 13.4. The Morgan fingerprint density at radius 1 is 1.15 bits per heavy atom. The molecule has 0 fully saturated rings. The Labute approximate surface area is 118 Å². The van der Waals surface area contributed by atoms with Gasteiger partial charge < -0.3 is 5.32 Å². The number of nitrogens with one attached hydrogen (secondary N) is 1. The summed E-state index contributed by atoms with van der Waals surface area (Å²) in [5, 5.41) is 2.75. The molecular weight excluding hydrogens is 253 g/mol.